The van der Waals surface area contributed by atoms with E-state index in [1.165, 1.54) is 6.42 Å². The highest BCUT2D eigenvalue weighted by molar-refractivity contribution is 7.99. The molecule has 1 amide bonds. The molecule has 0 bridgehead atoms. The minimum Gasteiger partial charge on any atom is -0.339 e. The van der Waals surface area contributed by atoms with Gasteiger partial charge in [-0.3, -0.25) is 9.59 Å². The number of carbonyl (C=O) groups excluding carboxylic acids is 2. The van der Waals surface area contributed by atoms with Crippen LogP contribution in [-0.4, -0.2) is 40.2 Å². The third-order valence-corrected chi connectivity index (χ3v) is 4.73. The second-order valence-corrected chi connectivity index (χ2v) is 6.17. The van der Waals surface area contributed by atoms with E-state index >= 15 is 0 Å². The number of likely N-dealkylation sites (tertiary alicyclic amines) is 1. The number of piperidine rings is 1. The van der Waals surface area contributed by atoms with Gasteiger partial charge in [0.05, 0.1) is 6.42 Å². The van der Waals surface area contributed by atoms with E-state index in [4.69, 9.17) is 0 Å². The van der Waals surface area contributed by atoms with Crippen molar-refractivity contribution in [1.82, 2.24) is 4.90 Å². The molecular weight excluding hydrogens is 222 g/mol. The number of thioether (sulfide) groups is 1. The first-order valence-electron chi connectivity index (χ1n) is 6.13. The zero-order valence-corrected chi connectivity index (χ0v) is 10.6. The molecule has 2 aliphatic rings. The number of hydrogen-bond acceptors (Lipinski definition) is 3. The van der Waals surface area contributed by atoms with Gasteiger partial charge in [-0.25, -0.2) is 0 Å². The van der Waals surface area contributed by atoms with Crippen LogP contribution in [0.3, 0.4) is 0 Å². The highest BCUT2D eigenvalue weighted by atomic mass is 32.2. The van der Waals surface area contributed by atoms with E-state index in [9.17, 15) is 9.59 Å². The Labute approximate surface area is 101 Å². The number of amides is 1. The molecule has 1 aliphatic heterocycles. The van der Waals surface area contributed by atoms with Crippen LogP contribution in [0, 0.1) is 0 Å². The van der Waals surface area contributed by atoms with Crippen LogP contribution in [-0.2, 0) is 9.59 Å². The standard InChI is InChI=1S/C12H19NO2S/c1-2-16-11-4-3-9(7-11)13-6-5-10(14)8-12(13)15/h9,11H,2-8H2,1H3. The van der Waals surface area contributed by atoms with Crippen molar-refractivity contribution in [3.8, 4) is 0 Å². The van der Waals surface area contributed by atoms with Gasteiger partial charge in [-0.1, -0.05) is 6.92 Å². The molecule has 0 aromatic heterocycles. The Morgan fingerprint density at radius 1 is 1.38 bits per heavy atom. The van der Waals surface area contributed by atoms with Gasteiger partial charge >= 0.3 is 0 Å². The quantitative estimate of drug-likeness (QED) is 0.708. The normalized spacial score (nSPS) is 31.2. The summed E-state index contributed by atoms with van der Waals surface area (Å²) in [5, 5.41) is 0.723. The van der Waals surface area contributed by atoms with Crippen molar-refractivity contribution in [3.63, 3.8) is 0 Å². The fourth-order valence-electron chi connectivity index (χ4n) is 2.70. The van der Waals surface area contributed by atoms with Gasteiger partial charge in [0.15, 0.2) is 0 Å². The van der Waals surface area contributed by atoms with Gasteiger partial charge in [-0.05, 0) is 25.0 Å². The fourth-order valence-corrected chi connectivity index (χ4v) is 3.83. The maximum absolute atomic E-state index is 11.8. The largest absolute Gasteiger partial charge is 0.339 e. The van der Waals surface area contributed by atoms with Crippen LogP contribution in [0.5, 0.6) is 0 Å². The number of hydrogen-bond donors (Lipinski definition) is 0. The first kappa shape index (κ1) is 12.0. The summed E-state index contributed by atoms with van der Waals surface area (Å²) in [5.74, 6) is 1.33. The average molecular weight is 241 g/mol. The van der Waals surface area contributed by atoms with Crippen molar-refractivity contribution in [2.75, 3.05) is 12.3 Å². The first-order chi connectivity index (χ1) is 7.70. The molecule has 1 saturated heterocycles. The van der Waals surface area contributed by atoms with E-state index in [0.29, 0.717) is 19.0 Å². The number of ketones is 1. The molecule has 16 heavy (non-hydrogen) atoms. The monoisotopic (exact) mass is 241 g/mol. The summed E-state index contributed by atoms with van der Waals surface area (Å²) < 4.78 is 0. The van der Waals surface area contributed by atoms with E-state index in [2.05, 4.69) is 6.92 Å². The summed E-state index contributed by atoms with van der Waals surface area (Å²) in [4.78, 5) is 24.9. The third kappa shape index (κ3) is 2.59. The van der Waals surface area contributed by atoms with Crippen LogP contribution in [0.1, 0.15) is 39.0 Å². The first-order valence-corrected chi connectivity index (χ1v) is 7.18. The summed E-state index contributed by atoms with van der Waals surface area (Å²) in [6.45, 7) is 2.84. The van der Waals surface area contributed by atoms with E-state index in [-0.39, 0.29) is 18.1 Å². The lowest BCUT2D eigenvalue weighted by Crippen LogP contribution is -2.44. The number of nitrogens with zero attached hydrogens (tertiary/aromatic N) is 1. The molecule has 2 rings (SSSR count). The predicted molar refractivity (Wildman–Crippen MR) is 65.5 cm³/mol. The van der Waals surface area contributed by atoms with E-state index in [1.54, 1.807) is 0 Å². The Morgan fingerprint density at radius 3 is 2.88 bits per heavy atom. The molecule has 1 aliphatic carbocycles. The SMILES string of the molecule is CCSC1CCC(N2CCC(=O)CC2=O)C1. The zero-order valence-electron chi connectivity index (χ0n) is 9.78. The predicted octanol–water partition coefficient (Wildman–Crippen LogP) is 1.85. The van der Waals surface area contributed by atoms with Crippen LogP contribution in [0.2, 0.25) is 0 Å². The maximum atomic E-state index is 11.8. The molecule has 90 valence electrons. The Hall–Kier alpha value is -0.510. The molecule has 4 heteroatoms. The molecule has 0 aromatic rings. The van der Waals surface area contributed by atoms with E-state index < -0.39 is 0 Å². The summed E-state index contributed by atoms with van der Waals surface area (Å²) in [6, 6.07) is 0.407. The molecule has 3 nitrogen and oxygen atoms in total. The highest BCUT2D eigenvalue weighted by Crippen LogP contribution is 2.33. The Bertz CT molecular complexity index is 293. The van der Waals surface area contributed by atoms with Gasteiger partial charge in [0.1, 0.15) is 5.78 Å². The summed E-state index contributed by atoms with van der Waals surface area (Å²) in [7, 11) is 0. The van der Waals surface area contributed by atoms with Gasteiger partial charge in [-0.15, -0.1) is 0 Å². The minimum absolute atomic E-state index is 0.0587. The molecule has 0 aromatic carbocycles. The number of rotatable bonds is 3. The van der Waals surface area contributed by atoms with Crippen molar-refractivity contribution < 1.29 is 9.59 Å². The van der Waals surface area contributed by atoms with Crippen LogP contribution in [0.25, 0.3) is 0 Å². The third-order valence-electron chi connectivity index (χ3n) is 3.50. The van der Waals surface area contributed by atoms with Crippen molar-refractivity contribution >= 4 is 23.5 Å². The smallest absolute Gasteiger partial charge is 0.230 e. The highest BCUT2D eigenvalue weighted by Gasteiger charge is 2.34. The molecule has 2 fully saturated rings. The van der Waals surface area contributed by atoms with Crippen molar-refractivity contribution in [3.05, 3.63) is 0 Å². The molecule has 2 unspecified atom stereocenters. The summed E-state index contributed by atoms with van der Waals surface area (Å²) >= 11 is 2.00. The minimum atomic E-state index is 0.0587. The maximum Gasteiger partial charge on any atom is 0.230 e. The van der Waals surface area contributed by atoms with Crippen molar-refractivity contribution in [2.45, 2.75) is 50.3 Å². The van der Waals surface area contributed by atoms with Crippen LogP contribution < -0.4 is 0 Å². The molecule has 2 atom stereocenters. The second-order valence-electron chi connectivity index (χ2n) is 4.60. The Balaban J connectivity index is 1.89. The average Bonchev–Trinajstić information content (AvgIpc) is 2.67. The molecule has 0 N–H and O–H groups in total. The Kier molecular flexibility index (Phi) is 3.90. The lowest BCUT2D eigenvalue weighted by molar-refractivity contribution is -0.141. The molecule has 1 saturated carbocycles. The molecule has 1 heterocycles. The number of carbonyl (C=O) groups is 2. The lowest BCUT2D eigenvalue weighted by atomic mass is 10.1. The van der Waals surface area contributed by atoms with E-state index in [1.807, 2.05) is 16.7 Å². The van der Waals surface area contributed by atoms with Gasteiger partial charge in [0.2, 0.25) is 5.91 Å². The van der Waals surface area contributed by atoms with Gasteiger partial charge in [0, 0.05) is 24.3 Å². The fraction of sp³-hybridized carbons (Fsp3) is 0.833. The van der Waals surface area contributed by atoms with Crippen LogP contribution >= 0.6 is 11.8 Å². The molecule has 0 radical (unpaired) electrons. The Morgan fingerprint density at radius 2 is 2.19 bits per heavy atom. The summed E-state index contributed by atoms with van der Waals surface area (Å²) in [5.41, 5.74) is 0. The van der Waals surface area contributed by atoms with Crippen LogP contribution in [0.4, 0.5) is 0 Å². The van der Waals surface area contributed by atoms with E-state index in [0.717, 1.165) is 23.8 Å². The molecule has 0 spiro atoms. The van der Waals surface area contributed by atoms with Crippen LogP contribution in [0.15, 0.2) is 0 Å². The van der Waals surface area contributed by atoms with Gasteiger partial charge in [0.25, 0.3) is 0 Å². The number of Topliss-reactive ketones (excluding diaryl/α,β-unsaturated/α-hetero) is 1. The second kappa shape index (κ2) is 5.21. The van der Waals surface area contributed by atoms with Gasteiger partial charge < -0.3 is 4.90 Å². The topological polar surface area (TPSA) is 37.4 Å². The van der Waals surface area contributed by atoms with Crippen molar-refractivity contribution in [1.29, 1.82) is 0 Å². The van der Waals surface area contributed by atoms with Crippen molar-refractivity contribution in [2.24, 2.45) is 0 Å². The van der Waals surface area contributed by atoms with Gasteiger partial charge in [-0.2, -0.15) is 11.8 Å². The zero-order chi connectivity index (χ0) is 11.5. The molecular formula is C12H19NO2S. The summed E-state index contributed by atoms with van der Waals surface area (Å²) in [6.07, 6.45) is 4.17. The lowest BCUT2D eigenvalue weighted by Gasteiger charge is -2.32.